The number of ether oxygens (including phenoxy) is 1. The Morgan fingerprint density at radius 3 is 2.90 bits per heavy atom. The van der Waals surface area contributed by atoms with Gasteiger partial charge < -0.3 is 9.30 Å². The quantitative estimate of drug-likeness (QED) is 0.646. The molecule has 4 heteroatoms. The van der Waals surface area contributed by atoms with E-state index in [0.29, 0.717) is 0 Å². The van der Waals surface area contributed by atoms with Crippen molar-refractivity contribution in [2.75, 3.05) is 13.2 Å². The lowest BCUT2D eigenvalue weighted by molar-refractivity contribution is 0.139. The molecule has 0 aliphatic carbocycles. The minimum atomic E-state index is 0.730. The predicted molar refractivity (Wildman–Crippen MR) is 83.4 cm³/mol. The van der Waals surface area contributed by atoms with Crippen molar-refractivity contribution >= 4 is 22.4 Å². The highest BCUT2D eigenvalue weighted by Crippen LogP contribution is 2.20. The monoisotopic (exact) mass is 286 g/mol. The highest BCUT2D eigenvalue weighted by Gasteiger charge is 2.11. The van der Waals surface area contributed by atoms with Gasteiger partial charge in [-0.15, -0.1) is 11.3 Å². The minimum absolute atomic E-state index is 0.730. The fourth-order valence-electron chi connectivity index (χ4n) is 2.38. The maximum Gasteiger partial charge on any atom is 0.115 e. The van der Waals surface area contributed by atoms with Crippen LogP contribution in [0, 0.1) is 0 Å². The van der Waals surface area contributed by atoms with Gasteiger partial charge in [-0.1, -0.05) is 18.2 Å². The molecule has 3 rings (SSSR count). The van der Waals surface area contributed by atoms with Crippen molar-refractivity contribution in [2.45, 2.75) is 19.9 Å². The average Bonchev–Trinajstić information content (AvgIpc) is 3.08. The van der Waals surface area contributed by atoms with Crippen LogP contribution in [0.5, 0.6) is 0 Å². The Bertz CT molecular complexity index is 673. The third-order valence-corrected chi connectivity index (χ3v) is 4.19. The van der Waals surface area contributed by atoms with Crippen molar-refractivity contribution in [3.63, 3.8) is 0 Å². The van der Waals surface area contributed by atoms with Gasteiger partial charge >= 0.3 is 0 Å². The molecular formula is C16H18N2OS. The van der Waals surface area contributed by atoms with Crippen molar-refractivity contribution < 1.29 is 4.74 Å². The third kappa shape index (κ3) is 2.76. The lowest BCUT2D eigenvalue weighted by Gasteiger charge is -2.08. The van der Waals surface area contributed by atoms with E-state index in [4.69, 9.17) is 9.72 Å². The molecule has 2 heterocycles. The minimum Gasteiger partial charge on any atom is -0.380 e. The molecule has 0 fully saturated rings. The van der Waals surface area contributed by atoms with Crippen molar-refractivity contribution in [1.82, 2.24) is 9.55 Å². The zero-order chi connectivity index (χ0) is 13.8. The van der Waals surface area contributed by atoms with Crippen LogP contribution < -0.4 is 0 Å². The topological polar surface area (TPSA) is 27.1 Å². The summed E-state index contributed by atoms with van der Waals surface area (Å²) < 4.78 is 7.78. The second-order valence-corrected chi connectivity index (χ2v) is 5.65. The first-order valence-corrected chi connectivity index (χ1v) is 7.80. The Balaban J connectivity index is 1.94. The molecule has 0 aliphatic heterocycles. The molecule has 0 atom stereocenters. The van der Waals surface area contributed by atoms with Crippen LogP contribution in [0.2, 0.25) is 0 Å². The largest absolute Gasteiger partial charge is 0.380 e. The molecule has 0 N–H and O–H groups in total. The van der Waals surface area contributed by atoms with E-state index < -0.39 is 0 Å². The van der Waals surface area contributed by atoms with Crippen LogP contribution in [-0.2, 0) is 17.7 Å². The second-order valence-electron chi connectivity index (χ2n) is 4.62. The number of fused-ring (bicyclic) bond motifs is 1. The summed E-state index contributed by atoms with van der Waals surface area (Å²) in [5, 5.41) is 2.11. The van der Waals surface area contributed by atoms with E-state index in [9.17, 15) is 0 Å². The SMILES string of the molecule is CCOCCn1c(Cc2cccs2)nc2ccccc21. The molecule has 0 radical (unpaired) electrons. The lowest BCUT2D eigenvalue weighted by Crippen LogP contribution is -2.09. The van der Waals surface area contributed by atoms with E-state index in [1.54, 1.807) is 11.3 Å². The number of aromatic nitrogens is 2. The molecule has 1 aromatic carbocycles. The Hall–Kier alpha value is -1.65. The molecule has 0 bridgehead atoms. The summed E-state index contributed by atoms with van der Waals surface area (Å²) in [5.74, 6) is 1.12. The fourth-order valence-corrected chi connectivity index (χ4v) is 3.08. The maximum absolute atomic E-state index is 5.50. The molecule has 20 heavy (non-hydrogen) atoms. The van der Waals surface area contributed by atoms with Crippen LogP contribution >= 0.6 is 11.3 Å². The molecule has 0 aliphatic rings. The number of thiophene rings is 1. The first-order valence-electron chi connectivity index (χ1n) is 6.92. The molecule has 0 spiro atoms. The predicted octanol–water partition coefficient (Wildman–Crippen LogP) is 3.73. The van der Waals surface area contributed by atoms with Crippen molar-refractivity contribution in [3.8, 4) is 0 Å². The first kappa shape index (κ1) is 13.3. The van der Waals surface area contributed by atoms with E-state index >= 15 is 0 Å². The summed E-state index contributed by atoms with van der Waals surface area (Å²) in [6.45, 7) is 4.37. The van der Waals surface area contributed by atoms with E-state index in [2.05, 4.69) is 40.3 Å². The number of hydrogen-bond acceptors (Lipinski definition) is 3. The van der Waals surface area contributed by atoms with Crippen LogP contribution in [-0.4, -0.2) is 22.8 Å². The molecule has 104 valence electrons. The van der Waals surface area contributed by atoms with E-state index in [0.717, 1.165) is 37.5 Å². The summed E-state index contributed by atoms with van der Waals surface area (Å²) >= 11 is 1.78. The van der Waals surface area contributed by atoms with Gasteiger partial charge in [-0.3, -0.25) is 0 Å². The number of hydrogen-bond donors (Lipinski definition) is 0. The number of nitrogens with zero attached hydrogens (tertiary/aromatic N) is 2. The van der Waals surface area contributed by atoms with Gasteiger partial charge in [0, 0.05) is 24.4 Å². The third-order valence-electron chi connectivity index (χ3n) is 3.31. The molecule has 3 nitrogen and oxygen atoms in total. The van der Waals surface area contributed by atoms with Crippen molar-refractivity contribution in [2.24, 2.45) is 0 Å². The summed E-state index contributed by atoms with van der Waals surface area (Å²) in [6.07, 6.45) is 0.887. The van der Waals surface area contributed by atoms with Crippen LogP contribution in [0.15, 0.2) is 41.8 Å². The molecular weight excluding hydrogens is 268 g/mol. The first-order chi connectivity index (χ1) is 9.88. The molecule has 0 saturated carbocycles. The number of para-hydroxylation sites is 2. The highest BCUT2D eigenvalue weighted by molar-refractivity contribution is 7.09. The van der Waals surface area contributed by atoms with Gasteiger partial charge in [0.05, 0.1) is 17.6 Å². The van der Waals surface area contributed by atoms with Crippen molar-refractivity contribution in [3.05, 3.63) is 52.5 Å². The van der Waals surface area contributed by atoms with Gasteiger partial charge in [0.1, 0.15) is 5.82 Å². The van der Waals surface area contributed by atoms with Gasteiger partial charge in [-0.25, -0.2) is 4.98 Å². The van der Waals surface area contributed by atoms with E-state index in [1.807, 2.05) is 13.0 Å². The molecule has 0 saturated heterocycles. The molecule has 0 amide bonds. The molecule has 3 aromatic rings. The zero-order valence-electron chi connectivity index (χ0n) is 11.6. The fraction of sp³-hybridized carbons (Fsp3) is 0.312. The number of benzene rings is 1. The second kappa shape index (κ2) is 6.20. The Labute approximate surface area is 122 Å². The van der Waals surface area contributed by atoms with Crippen LogP contribution in [0.4, 0.5) is 0 Å². The van der Waals surface area contributed by atoms with E-state index in [1.165, 1.54) is 10.4 Å². The maximum atomic E-state index is 5.50. The number of rotatable bonds is 6. The zero-order valence-corrected chi connectivity index (χ0v) is 12.4. The van der Waals surface area contributed by atoms with Gasteiger partial charge in [0.2, 0.25) is 0 Å². The molecule has 0 unspecified atom stereocenters. The van der Waals surface area contributed by atoms with Crippen LogP contribution in [0.3, 0.4) is 0 Å². The summed E-state index contributed by atoms with van der Waals surface area (Å²) in [7, 11) is 0. The summed E-state index contributed by atoms with van der Waals surface area (Å²) in [5.41, 5.74) is 2.26. The van der Waals surface area contributed by atoms with Crippen molar-refractivity contribution in [1.29, 1.82) is 0 Å². The average molecular weight is 286 g/mol. The van der Waals surface area contributed by atoms with E-state index in [-0.39, 0.29) is 0 Å². The summed E-state index contributed by atoms with van der Waals surface area (Å²) in [6, 6.07) is 12.6. The van der Waals surface area contributed by atoms with Gasteiger partial charge in [-0.05, 0) is 30.5 Å². The Morgan fingerprint density at radius 2 is 2.10 bits per heavy atom. The standard InChI is InChI=1S/C16H18N2OS/c1-2-19-10-9-18-15-8-4-3-7-14(15)17-16(18)12-13-6-5-11-20-13/h3-8,11H,2,9-10,12H2,1H3. The normalized spacial score (nSPS) is 11.2. The van der Waals surface area contributed by atoms with Crippen LogP contribution in [0.25, 0.3) is 11.0 Å². The smallest absolute Gasteiger partial charge is 0.115 e. The van der Waals surface area contributed by atoms with Crippen LogP contribution in [0.1, 0.15) is 17.6 Å². The Morgan fingerprint density at radius 1 is 1.20 bits per heavy atom. The van der Waals surface area contributed by atoms with Gasteiger partial charge in [0.15, 0.2) is 0 Å². The number of imidazole rings is 1. The summed E-state index contributed by atoms with van der Waals surface area (Å²) in [4.78, 5) is 6.13. The van der Waals surface area contributed by atoms with Gasteiger partial charge in [-0.2, -0.15) is 0 Å². The molecule has 2 aromatic heterocycles. The highest BCUT2D eigenvalue weighted by atomic mass is 32.1. The van der Waals surface area contributed by atoms with Gasteiger partial charge in [0.25, 0.3) is 0 Å². The Kier molecular flexibility index (Phi) is 4.14. The lowest BCUT2D eigenvalue weighted by atomic mass is 10.3.